The highest BCUT2D eigenvalue weighted by Gasteiger charge is 2.07. The second kappa shape index (κ2) is 2.61. The van der Waals surface area contributed by atoms with Crippen LogP contribution in [-0.4, -0.2) is 19.9 Å². The molecule has 0 aliphatic carbocycles. The summed E-state index contributed by atoms with van der Waals surface area (Å²) in [4.78, 5) is 15.3. The third-order valence-corrected chi connectivity index (χ3v) is 2.85. The molecular formula is C12H8N4. The number of rotatable bonds is 0. The third kappa shape index (κ3) is 0.883. The van der Waals surface area contributed by atoms with Gasteiger partial charge in [0, 0.05) is 17.8 Å². The Labute approximate surface area is 90.3 Å². The van der Waals surface area contributed by atoms with E-state index < -0.39 is 0 Å². The number of nitrogens with one attached hydrogen (secondary N) is 2. The van der Waals surface area contributed by atoms with Gasteiger partial charge >= 0.3 is 0 Å². The zero-order valence-corrected chi connectivity index (χ0v) is 8.36. The van der Waals surface area contributed by atoms with E-state index in [4.69, 9.17) is 0 Å². The number of hydrogen-bond donors (Lipinski definition) is 2. The molecule has 0 saturated heterocycles. The molecule has 0 spiro atoms. The molecule has 76 valence electrons. The minimum atomic E-state index is 0.887. The van der Waals surface area contributed by atoms with Gasteiger partial charge in [0.05, 0.1) is 22.1 Å². The lowest BCUT2D eigenvalue weighted by molar-refractivity contribution is 1.35. The first-order valence-corrected chi connectivity index (χ1v) is 5.12. The lowest BCUT2D eigenvalue weighted by Gasteiger charge is -1.91. The van der Waals surface area contributed by atoms with Crippen molar-refractivity contribution in [2.24, 2.45) is 0 Å². The molecule has 16 heavy (non-hydrogen) atoms. The van der Waals surface area contributed by atoms with Crippen molar-refractivity contribution >= 4 is 33.1 Å². The number of fused-ring (bicyclic) bond motifs is 4. The minimum Gasteiger partial charge on any atom is -0.360 e. The molecule has 0 aromatic carbocycles. The van der Waals surface area contributed by atoms with E-state index in [9.17, 15) is 0 Å². The van der Waals surface area contributed by atoms with Crippen molar-refractivity contribution in [1.29, 1.82) is 0 Å². The van der Waals surface area contributed by atoms with Crippen molar-refractivity contribution in [1.82, 2.24) is 19.9 Å². The predicted molar refractivity (Wildman–Crippen MR) is 63.3 cm³/mol. The lowest BCUT2D eigenvalue weighted by Crippen LogP contribution is -1.76. The Hall–Kier alpha value is -2.36. The van der Waals surface area contributed by atoms with Gasteiger partial charge in [-0.1, -0.05) is 0 Å². The molecule has 0 aliphatic heterocycles. The molecule has 4 aromatic heterocycles. The number of aromatic amines is 2. The molecule has 0 bridgehead atoms. The van der Waals surface area contributed by atoms with E-state index in [2.05, 4.69) is 26.0 Å². The zero-order chi connectivity index (χ0) is 10.5. The molecule has 4 heteroatoms. The predicted octanol–water partition coefficient (Wildman–Crippen LogP) is 2.59. The van der Waals surface area contributed by atoms with Gasteiger partial charge in [0.1, 0.15) is 5.65 Å². The standard InChI is InChI=1S/C12H8N4/c1-2-7-11-10(16-12(7)14-4-1)6-9-8(15-11)3-5-13-9/h1-6,13H,(H,14,16). The Morgan fingerprint density at radius 1 is 1.12 bits per heavy atom. The summed E-state index contributed by atoms with van der Waals surface area (Å²) < 4.78 is 0. The summed E-state index contributed by atoms with van der Waals surface area (Å²) in [6.45, 7) is 0. The van der Waals surface area contributed by atoms with Crippen molar-refractivity contribution in [2.75, 3.05) is 0 Å². The molecule has 4 aromatic rings. The molecule has 0 saturated carbocycles. The largest absolute Gasteiger partial charge is 0.360 e. The molecule has 4 heterocycles. The first-order chi connectivity index (χ1) is 7.92. The average molecular weight is 208 g/mol. The number of H-pyrrole nitrogens is 2. The third-order valence-electron chi connectivity index (χ3n) is 2.85. The molecule has 0 radical (unpaired) electrons. The van der Waals surface area contributed by atoms with Crippen molar-refractivity contribution in [3.05, 3.63) is 36.7 Å². The highest BCUT2D eigenvalue weighted by Crippen LogP contribution is 2.24. The second-order valence-corrected chi connectivity index (χ2v) is 3.82. The fourth-order valence-corrected chi connectivity index (χ4v) is 2.10. The maximum Gasteiger partial charge on any atom is 0.139 e. The van der Waals surface area contributed by atoms with Crippen LogP contribution in [0, 0.1) is 0 Å². The van der Waals surface area contributed by atoms with Crippen LogP contribution in [0.4, 0.5) is 0 Å². The van der Waals surface area contributed by atoms with Crippen LogP contribution in [0.15, 0.2) is 36.7 Å². The molecule has 0 fully saturated rings. The summed E-state index contributed by atoms with van der Waals surface area (Å²) in [6, 6.07) is 8.01. The maximum atomic E-state index is 4.62. The maximum absolute atomic E-state index is 4.62. The van der Waals surface area contributed by atoms with Gasteiger partial charge in [0.15, 0.2) is 0 Å². The van der Waals surface area contributed by atoms with Crippen molar-refractivity contribution < 1.29 is 0 Å². The molecule has 4 nitrogen and oxygen atoms in total. The van der Waals surface area contributed by atoms with Crippen LogP contribution in [0.5, 0.6) is 0 Å². The number of nitrogens with zero attached hydrogens (tertiary/aromatic N) is 2. The monoisotopic (exact) mass is 208 g/mol. The normalized spacial score (nSPS) is 11.8. The summed E-state index contributed by atoms with van der Waals surface area (Å²) in [7, 11) is 0. The van der Waals surface area contributed by atoms with Crippen LogP contribution in [0.3, 0.4) is 0 Å². The van der Waals surface area contributed by atoms with E-state index in [0.29, 0.717) is 0 Å². The SMILES string of the molecule is c1cnc2[nH]c3cc4[nH]ccc4nc3c2c1. The molecule has 2 N–H and O–H groups in total. The van der Waals surface area contributed by atoms with Gasteiger partial charge < -0.3 is 9.97 Å². The highest BCUT2D eigenvalue weighted by molar-refractivity contribution is 6.06. The van der Waals surface area contributed by atoms with Gasteiger partial charge in [0.2, 0.25) is 0 Å². The smallest absolute Gasteiger partial charge is 0.139 e. The Bertz CT molecular complexity index is 809. The molecule has 0 aliphatic rings. The summed E-state index contributed by atoms with van der Waals surface area (Å²) in [6.07, 6.45) is 3.68. The lowest BCUT2D eigenvalue weighted by atomic mass is 10.2. The summed E-state index contributed by atoms with van der Waals surface area (Å²) >= 11 is 0. The summed E-state index contributed by atoms with van der Waals surface area (Å²) in [5, 5.41) is 1.07. The van der Waals surface area contributed by atoms with Gasteiger partial charge in [-0.05, 0) is 24.3 Å². The van der Waals surface area contributed by atoms with Crippen LogP contribution < -0.4 is 0 Å². The highest BCUT2D eigenvalue weighted by atomic mass is 14.9. The summed E-state index contributed by atoms with van der Waals surface area (Å²) in [5.41, 5.74) is 4.91. The van der Waals surface area contributed by atoms with E-state index in [1.807, 2.05) is 24.4 Å². The number of pyridine rings is 2. The fourth-order valence-electron chi connectivity index (χ4n) is 2.10. The van der Waals surface area contributed by atoms with E-state index >= 15 is 0 Å². The van der Waals surface area contributed by atoms with Crippen molar-refractivity contribution in [3.63, 3.8) is 0 Å². The van der Waals surface area contributed by atoms with Crippen LogP contribution in [0.25, 0.3) is 33.1 Å². The van der Waals surface area contributed by atoms with E-state index in [1.54, 1.807) is 6.20 Å². The Morgan fingerprint density at radius 3 is 3.12 bits per heavy atom. The molecule has 0 amide bonds. The minimum absolute atomic E-state index is 0.887. The number of aromatic nitrogens is 4. The van der Waals surface area contributed by atoms with Gasteiger partial charge in [0.25, 0.3) is 0 Å². The van der Waals surface area contributed by atoms with Crippen molar-refractivity contribution in [3.8, 4) is 0 Å². The van der Waals surface area contributed by atoms with Gasteiger partial charge in [-0.3, -0.25) is 0 Å². The Balaban J connectivity index is 2.32. The summed E-state index contributed by atoms with van der Waals surface area (Å²) in [5.74, 6) is 0. The van der Waals surface area contributed by atoms with E-state index in [-0.39, 0.29) is 0 Å². The quantitative estimate of drug-likeness (QED) is 0.466. The number of hydrogen-bond acceptors (Lipinski definition) is 2. The Kier molecular flexibility index (Phi) is 1.28. The molecule has 0 unspecified atom stereocenters. The molecule has 4 rings (SSSR count). The van der Waals surface area contributed by atoms with Gasteiger partial charge in [-0.15, -0.1) is 0 Å². The first kappa shape index (κ1) is 7.87. The van der Waals surface area contributed by atoms with Crippen molar-refractivity contribution in [2.45, 2.75) is 0 Å². The van der Waals surface area contributed by atoms with Crippen LogP contribution in [0.1, 0.15) is 0 Å². The first-order valence-electron chi connectivity index (χ1n) is 5.12. The molecular weight excluding hydrogens is 200 g/mol. The Morgan fingerprint density at radius 2 is 2.12 bits per heavy atom. The second-order valence-electron chi connectivity index (χ2n) is 3.82. The van der Waals surface area contributed by atoms with Crippen LogP contribution >= 0.6 is 0 Å². The average Bonchev–Trinajstić information content (AvgIpc) is 2.88. The fraction of sp³-hybridized carbons (Fsp3) is 0. The van der Waals surface area contributed by atoms with E-state index in [1.165, 1.54) is 0 Å². The van der Waals surface area contributed by atoms with Gasteiger partial charge in [-0.2, -0.15) is 0 Å². The van der Waals surface area contributed by atoms with Crippen LogP contribution in [-0.2, 0) is 0 Å². The van der Waals surface area contributed by atoms with Crippen LogP contribution in [0.2, 0.25) is 0 Å². The topological polar surface area (TPSA) is 57.4 Å². The van der Waals surface area contributed by atoms with E-state index in [0.717, 1.165) is 33.1 Å². The van der Waals surface area contributed by atoms with Gasteiger partial charge in [-0.25, -0.2) is 9.97 Å². The zero-order valence-electron chi connectivity index (χ0n) is 8.36. The molecule has 0 atom stereocenters.